The first-order valence-corrected chi connectivity index (χ1v) is 12.0. The number of nitrogens with one attached hydrogen (secondary N) is 3. The number of rotatable bonds is 14. The first-order valence-electron chi connectivity index (χ1n) is 12.0. The van der Waals surface area contributed by atoms with E-state index in [0.29, 0.717) is 25.6 Å². The summed E-state index contributed by atoms with van der Waals surface area (Å²) in [4.78, 5) is 53.4. The van der Waals surface area contributed by atoms with Crippen LogP contribution < -0.4 is 16.0 Å². The van der Waals surface area contributed by atoms with Gasteiger partial charge in [-0.05, 0) is 32.9 Å². The topological polar surface area (TPSA) is 134 Å². The van der Waals surface area contributed by atoms with Gasteiger partial charge in [0.25, 0.3) is 0 Å². The molecule has 2 aliphatic heterocycles. The Kier molecular flexibility index (Phi) is 12.1. The van der Waals surface area contributed by atoms with Gasteiger partial charge in [-0.3, -0.25) is 29.0 Å². The van der Waals surface area contributed by atoms with E-state index in [2.05, 4.69) is 37.7 Å². The van der Waals surface area contributed by atoms with Crippen molar-refractivity contribution in [3.05, 3.63) is 0 Å². The summed E-state index contributed by atoms with van der Waals surface area (Å²) in [7, 11) is 2.15. The molecule has 33 heavy (non-hydrogen) atoms. The molecule has 0 aliphatic carbocycles. The zero-order valence-electron chi connectivity index (χ0n) is 19.8. The van der Waals surface area contributed by atoms with Crippen LogP contribution in [-0.2, 0) is 19.2 Å². The molecule has 0 aromatic rings. The largest absolute Gasteiger partial charge is 0.481 e. The minimum absolute atomic E-state index is 0.0113. The number of likely N-dealkylation sites (N-methyl/N-ethyl adjacent to an activating group) is 1. The third-order valence-corrected chi connectivity index (χ3v) is 6.15. The Morgan fingerprint density at radius 3 is 2.06 bits per heavy atom. The average Bonchev–Trinajstić information content (AvgIpc) is 3.19. The Hall–Kier alpha value is -2.24. The summed E-state index contributed by atoms with van der Waals surface area (Å²) in [6.07, 6.45) is 2.92. The molecular formula is C22H40N6O5. The number of amides is 3. The summed E-state index contributed by atoms with van der Waals surface area (Å²) in [6.45, 7) is 7.42. The van der Waals surface area contributed by atoms with Crippen LogP contribution in [0.2, 0.25) is 0 Å². The third kappa shape index (κ3) is 11.4. The molecule has 1 atom stereocenters. The van der Waals surface area contributed by atoms with Gasteiger partial charge in [-0.25, -0.2) is 0 Å². The van der Waals surface area contributed by atoms with Crippen molar-refractivity contribution in [3.63, 3.8) is 0 Å². The molecule has 0 bridgehead atoms. The molecule has 2 heterocycles. The maximum atomic E-state index is 12.3. The van der Waals surface area contributed by atoms with Gasteiger partial charge in [-0.2, -0.15) is 0 Å². The monoisotopic (exact) mass is 482 g/mol. The molecule has 0 spiro atoms. The fraction of sp³-hybridized carbons (Fsp3) is 0.818. The van der Waals surface area contributed by atoms with Crippen LogP contribution >= 0.6 is 0 Å². The van der Waals surface area contributed by atoms with Crippen molar-refractivity contribution >= 4 is 23.7 Å². The van der Waals surface area contributed by atoms with Crippen molar-refractivity contribution in [1.82, 2.24) is 30.7 Å². The highest BCUT2D eigenvalue weighted by Crippen LogP contribution is 2.18. The van der Waals surface area contributed by atoms with E-state index in [1.807, 2.05) is 0 Å². The number of carboxylic acids is 1. The quantitative estimate of drug-likeness (QED) is 0.136. The Labute approximate surface area is 196 Å². The highest BCUT2D eigenvalue weighted by atomic mass is 16.4. The standard InChI is InChI=1S/C22H40N6O5/c1-26-12-14-27(15-13-26)16-18-4-3-11-28(18)17-21(31)25-10-7-20(30)24-9-6-19(29)23-8-2-5-22(32)33/h18H,2-17H2,1H3,(H,23,29)(H,24,30)(H,25,31)(H,32,33)/i1+1,3+1,4+1,11+1,12+1,13+1,14+1,15+1,16+1,18+1,20+1,26+1,27+1,28+1. The molecule has 11 nitrogen and oxygen atoms in total. The van der Waals surface area contributed by atoms with E-state index < -0.39 is 5.97 Å². The SMILES string of the molecule is [13CH3][15N]1[13CH2][13CH2][15N]([13CH2][13CH]2[13CH2][13CH2][13CH2][15N]2CC(=O)NCC[13C](=O)NCCC(=O)NCCCC(=O)O)[13CH2][13CH2]1. The Morgan fingerprint density at radius 1 is 0.818 bits per heavy atom. The number of carbonyl (C=O) groups is 4. The lowest BCUT2D eigenvalue weighted by Crippen LogP contribution is -2.50. The summed E-state index contributed by atoms with van der Waals surface area (Å²) in [5, 5.41) is 16.6. The van der Waals surface area contributed by atoms with Gasteiger partial charge in [0.2, 0.25) is 17.7 Å². The normalized spacial score (nSPS) is 19.8. The number of carbonyl (C=O) groups excluding carboxylic acids is 3. The van der Waals surface area contributed by atoms with Crippen LogP contribution in [0.1, 0.15) is 38.5 Å². The summed E-state index contributed by atoms with van der Waals surface area (Å²) < 4.78 is 0. The Morgan fingerprint density at radius 2 is 1.42 bits per heavy atom. The molecule has 2 rings (SSSR count). The first kappa shape index (κ1) is 27.0. The van der Waals surface area contributed by atoms with Gasteiger partial charge in [-0.15, -0.1) is 0 Å². The average molecular weight is 482 g/mol. The molecule has 0 aromatic heterocycles. The van der Waals surface area contributed by atoms with Crippen LogP contribution in [0.3, 0.4) is 0 Å². The lowest BCUT2D eigenvalue weighted by atomic mass is 10.3. The third-order valence-electron chi connectivity index (χ3n) is 6.15. The number of nitrogens with zero attached hydrogens (tertiary/aromatic N) is 3. The van der Waals surface area contributed by atoms with Crippen LogP contribution in [0.5, 0.6) is 0 Å². The zero-order chi connectivity index (χ0) is 24.1. The Bertz CT molecular complexity index is 653. The molecule has 4 N–H and O–H groups in total. The first-order chi connectivity index (χ1) is 15.8. The van der Waals surface area contributed by atoms with E-state index in [0.717, 1.165) is 52.1 Å². The van der Waals surface area contributed by atoms with Crippen molar-refractivity contribution in [2.24, 2.45) is 0 Å². The van der Waals surface area contributed by atoms with E-state index in [9.17, 15) is 19.2 Å². The minimum atomic E-state index is -0.894. The van der Waals surface area contributed by atoms with Crippen molar-refractivity contribution in [2.45, 2.75) is 44.6 Å². The molecule has 11 heteroatoms. The number of piperazine rings is 1. The fourth-order valence-electron chi connectivity index (χ4n) is 4.15. The molecular weight excluding hydrogens is 442 g/mol. The molecule has 0 saturated carbocycles. The number of hydrogen-bond acceptors (Lipinski definition) is 7. The number of aliphatic carboxylic acids is 1. The minimum Gasteiger partial charge on any atom is -0.481 e. The summed E-state index contributed by atoms with van der Waals surface area (Å²) in [5.41, 5.74) is 0. The second kappa shape index (κ2) is 14.8. The maximum absolute atomic E-state index is 12.3. The van der Waals surface area contributed by atoms with Gasteiger partial charge in [0.1, 0.15) is 0 Å². The van der Waals surface area contributed by atoms with Crippen molar-refractivity contribution in [3.8, 4) is 0 Å². The predicted molar refractivity (Wildman–Crippen MR) is 124 cm³/mol. The molecule has 2 fully saturated rings. The number of carboxylic acid groups (broad SMARTS) is 1. The zero-order valence-corrected chi connectivity index (χ0v) is 19.8. The van der Waals surface area contributed by atoms with Crippen molar-refractivity contribution < 1.29 is 24.3 Å². The second-order valence-electron chi connectivity index (χ2n) is 8.92. The van der Waals surface area contributed by atoms with Gasteiger partial charge in [0, 0.05) is 77.7 Å². The van der Waals surface area contributed by atoms with Crippen LogP contribution in [0.15, 0.2) is 0 Å². The number of hydrogen-bond donors (Lipinski definition) is 4. The maximum Gasteiger partial charge on any atom is 0.303 e. The van der Waals surface area contributed by atoms with Crippen LogP contribution in [-0.4, -0.2) is 122 Å². The highest BCUT2D eigenvalue weighted by molar-refractivity contribution is 5.81. The molecule has 0 radical (unpaired) electrons. The van der Waals surface area contributed by atoms with Gasteiger partial charge in [-0.1, -0.05) is 0 Å². The van der Waals surface area contributed by atoms with Gasteiger partial charge in [0.15, 0.2) is 0 Å². The Balaban J connectivity index is 1.52. The van der Waals surface area contributed by atoms with Gasteiger partial charge in [0.05, 0.1) is 6.54 Å². The molecule has 2 aliphatic rings. The van der Waals surface area contributed by atoms with Crippen molar-refractivity contribution in [1.29, 1.82) is 0 Å². The summed E-state index contributed by atoms with van der Waals surface area (Å²) in [6, 6.07) is 0.415. The van der Waals surface area contributed by atoms with E-state index in [1.165, 1.54) is 0 Å². The molecule has 0 aromatic carbocycles. The van der Waals surface area contributed by atoms with Crippen LogP contribution in [0.4, 0.5) is 0 Å². The molecule has 188 valence electrons. The van der Waals surface area contributed by atoms with Crippen molar-refractivity contribution in [2.75, 3.05) is 72.5 Å². The van der Waals surface area contributed by atoms with Gasteiger partial charge >= 0.3 is 5.97 Å². The van der Waals surface area contributed by atoms with E-state index in [1.54, 1.807) is 0 Å². The van der Waals surface area contributed by atoms with Gasteiger partial charge < -0.3 is 26.0 Å². The predicted octanol–water partition coefficient (Wildman–Crippen LogP) is -1.31. The van der Waals surface area contributed by atoms with E-state index in [4.69, 9.17) is 5.11 Å². The molecule has 1 unspecified atom stereocenters. The van der Waals surface area contributed by atoms with E-state index >= 15 is 0 Å². The fourth-order valence-corrected chi connectivity index (χ4v) is 4.15. The van der Waals surface area contributed by atoms with Crippen LogP contribution in [0, 0.1) is 0 Å². The van der Waals surface area contributed by atoms with E-state index in [-0.39, 0.29) is 50.1 Å². The summed E-state index contributed by atoms with van der Waals surface area (Å²) in [5.74, 6) is -1.41. The molecule has 2 saturated heterocycles. The highest BCUT2D eigenvalue weighted by Gasteiger charge is 2.28. The number of likely N-dealkylation sites (tertiary alicyclic amines) is 1. The lowest BCUT2D eigenvalue weighted by molar-refractivity contribution is -0.137. The summed E-state index contributed by atoms with van der Waals surface area (Å²) >= 11 is 0. The molecule has 3 amide bonds. The second-order valence-corrected chi connectivity index (χ2v) is 8.92. The lowest BCUT2D eigenvalue weighted by Gasteiger charge is -2.36. The smallest absolute Gasteiger partial charge is 0.303 e. The van der Waals surface area contributed by atoms with Crippen LogP contribution in [0.25, 0.3) is 0 Å².